The molecule has 0 spiro atoms. The summed E-state index contributed by atoms with van der Waals surface area (Å²) < 4.78 is 2.00. The van der Waals surface area contributed by atoms with Crippen LogP contribution in [0.1, 0.15) is 34.2 Å². The van der Waals surface area contributed by atoms with Crippen LogP contribution in [-0.4, -0.2) is 20.7 Å². The summed E-state index contributed by atoms with van der Waals surface area (Å²) in [5.74, 6) is 1.29. The van der Waals surface area contributed by atoms with Gasteiger partial charge in [0.15, 0.2) is 11.0 Å². The molecule has 0 aliphatic rings. The molecule has 0 atom stereocenters. The normalized spacial score (nSPS) is 10.9. The third kappa shape index (κ3) is 5.07. The molecule has 0 bridgehead atoms. The van der Waals surface area contributed by atoms with Gasteiger partial charge in [0.25, 0.3) is 5.91 Å². The molecule has 28 heavy (non-hydrogen) atoms. The zero-order valence-electron chi connectivity index (χ0n) is 15.6. The summed E-state index contributed by atoms with van der Waals surface area (Å²) in [7, 11) is 0. The Morgan fingerprint density at radius 2 is 1.86 bits per heavy atom. The van der Waals surface area contributed by atoms with Gasteiger partial charge in [0, 0.05) is 17.9 Å². The van der Waals surface area contributed by atoms with Gasteiger partial charge in [-0.1, -0.05) is 58.7 Å². The van der Waals surface area contributed by atoms with Crippen molar-refractivity contribution < 1.29 is 4.79 Å². The molecule has 0 saturated heterocycles. The number of hydrogen-bond donors (Lipinski definition) is 1. The van der Waals surface area contributed by atoms with Gasteiger partial charge in [0.05, 0.1) is 16.6 Å². The van der Waals surface area contributed by atoms with E-state index >= 15 is 0 Å². The molecule has 0 fully saturated rings. The fraction of sp³-hybridized carbons (Fsp3) is 0.250. The Kier molecular flexibility index (Phi) is 6.99. The summed E-state index contributed by atoms with van der Waals surface area (Å²) in [6.45, 7) is 5.05. The van der Waals surface area contributed by atoms with Gasteiger partial charge < -0.3 is 9.88 Å². The summed E-state index contributed by atoms with van der Waals surface area (Å²) in [6.07, 6.45) is 0. The van der Waals surface area contributed by atoms with E-state index in [2.05, 4.69) is 15.5 Å². The summed E-state index contributed by atoms with van der Waals surface area (Å²) in [6, 6.07) is 13.0. The zero-order chi connectivity index (χ0) is 20.1. The van der Waals surface area contributed by atoms with Crippen LogP contribution in [0.25, 0.3) is 0 Å². The molecule has 0 aliphatic heterocycles. The van der Waals surface area contributed by atoms with E-state index in [1.54, 1.807) is 17.8 Å². The molecule has 3 aromatic rings. The van der Waals surface area contributed by atoms with E-state index in [1.807, 2.05) is 54.8 Å². The number of amides is 1. The van der Waals surface area contributed by atoms with Crippen LogP contribution in [0.5, 0.6) is 0 Å². The first-order chi connectivity index (χ1) is 13.5. The molecule has 1 amide bonds. The van der Waals surface area contributed by atoms with Crippen molar-refractivity contribution in [1.82, 2.24) is 20.1 Å². The average molecular weight is 435 g/mol. The lowest BCUT2D eigenvalue weighted by atomic mass is 10.1. The zero-order valence-corrected chi connectivity index (χ0v) is 17.9. The van der Waals surface area contributed by atoms with Gasteiger partial charge in [-0.3, -0.25) is 4.79 Å². The summed E-state index contributed by atoms with van der Waals surface area (Å²) in [4.78, 5) is 12.3. The van der Waals surface area contributed by atoms with Crippen molar-refractivity contribution >= 4 is 40.9 Å². The van der Waals surface area contributed by atoms with Crippen molar-refractivity contribution in [2.45, 2.75) is 37.8 Å². The lowest BCUT2D eigenvalue weighted by molar-refractivity contribution is 0.0949. The number of halogens is 2. The molecule has 1 heterocycles. The smallest absolute Gasteiger partial charge is 0.251 e. The predicted octanol–water partition coefficient (Wildman–Crippen LogP) is 5.14. The Hall–Kier alpha value is -2.02. The van der Waals surface area contributed by atoms with E-state index in [1.165, 1.54) is 0 Å². The van der Waals surface area contributed by atoms with E-state index in [0.717, 1.165) is 22.1 Å². The number of carbonyl (C=O) groups is 1. The molecule has 0 radical (unpaired) electrons. The molecule has 1 N–H and O–H groups in total. The molecule has 8 heteroatoms. The maximum absolute atomic E-state index is 12.3. The second-order valence-corrected chi connectivity index (χ2v) is 7.99. The Bertz CT molecular complexity index is 973. The summed E-state index contributed by atoms with van der Waals surface area (Å²) >= 11 is 13.6. The minimum absolute atomic E-state index is 0.129. The number of carbonyl (C=O) groups excluding carboxylic acids is 1. The van der Waals surface area contributed by atoms with Crippen LogP contribution in [0.15, 0.2) is 47.6 Å². The van der Waals surface area contributed by atoms with Gasteiger partial charge in [-0.15, -0.1) is 10.2 Å². The van der Waals surface area contributed by atoms with Crippen LogP contribution in [0.4, 0.5) is 0 Å². The number of nitrogens with one attached hydrogen (secondary N) is 1. The minimum Gasteiger partial charge on any atom is -0.345 e. The van der Waals surface area contributed by atoms with Crippen LogP contribution in [0.3, 0.4) is 0 Å². The summed E-state index contributed by atoms with van der Waals surface area (Å²) in [5, 5.41) is 13.3. The highest BCUT2D eigenvalue weighted by molar-refractivity contribution is 7.98. The predicted molar refractivity (Wildman–Crippen MR) is 114 cm³/mol. The standard InChI is InChI=1S/C20H20Cl2N4OS/c1-3-26-18(11-23-19(27)15-7-4-13(2)5-8-15)24-25-20(26)28-12-14-6-9-16(21)17(22)10-14/h4-10H,3,11-12H2,1-2H3,(H,23,27). The number of benzene rings is 2. The topological polar surface area (TPSA) is 59.8 Å². The highest BCUT2D eigenvalue weighted by atomic mass is 35.5. The van der Waals surface area contributed by atoms with E-state index in [9.17, 15) is 4.79 Å². The molecule has 3 rings (SSSR count). The van der Waals surface area contributed by atoms with Crippen molar-refractivity contribution in [2.75, 3.05) is 0 Å². The van der Waals surface area contributed by atoms with Crippen LogP contribution in [-0.2, 0) is 18.8 Å². The Balaban J connectivity index is 1.63. The highest BCUT2D eigenvalue weighted by Crippen LogP contribution is 2.27. The Morgan fingerprint density at radius 1 is 1.11 bits per heavy atom. The lowest BCUT2D eigenvalue weighted by Gasteiger charge is -2.09. The van der Waals surface area contributed by atoms with Crippen molar-refractivity contribution in [3.05, 3.63) is 75.0 Å². The Labute approximate surface area is 178 Å². The van der Waals surface area contributed by atoms with Crippen LogP contribution in [0, 0.1) is 6.92 Å². The first kappa shape index (κ1) is 20.7. The highest BCUT2D eigenvalue weighted by Gasteiger charge is 2.13. The second-order valence-electron chi connectivity index (χ2n) is 6.23. The average Bonchev–Trinajstić information content (AvgIpc) is 3.09. The molecule has 1 aromatic heterocycles. The van der Waals surface area contributed by atoms with Crippen LogP contribution >= 0.6 is 35.0 Å². The fourth-order valence-corrected chi connectivity index (χ4v) is 3.90. The quantitative estimate of drug-likeness (QED) is 0.523. The van der Waals surface area contributed by atoms with Crippen molar-refractivity contribution in [1.29, 1.82) is 0 Å². The largest absolute Gasteiger partial charge is 0.345 e. The van der Waals surface area contributed by atoms with Gasteiger partial charge in [0.1, 0.15) is 0 Å². The third-order valence-corrected chi connectivity index (χ3v) is 5.96. The van der Waals surface area contributed by atoms with Crippen LogP contribution in [0.2, 0.25) is 10.0 Å². The Morgan fingerprint density at radius 3 is 2.54 bits per heavy atom. The van der Waals surface area contributed by atoms with E-state index in [-0.39, 0.29) is 5.91 Å². The van der Waals surface area contributed by atoms with Gasteiger partial charge in [0.2, 0.25) is 0 Å². The van der Waals surface area contributed by atoms with Crippen molar-refractivity contribution in [3.63, 3.8) is 0 Å². The first-order valence-electron chi connectivity index (χ1n) is 8.81. The molecule has 0 aliphatic carbocycles. The van der Waals surface area contributed by atoms with E-state index < -0.39 is 0 Å². The SMILES string of the molecule is CCn1c(CNC(=O)c2ccc(C)cc2)nnc1SCc1ccc(Cl)c(Cl)c1. The molecule has 0 unspecified atom stereocenters. The first-order valence-corrected chi connectivity index (χ1v) is 10.6. The minimum atomic E-state index is -0.129. The van der Waals surface area contributed by atoms with Gasteiger partial charge in [-0.05, 0) is 43.7 Å². The summed E-state index contributed by atoms with van der Waals surface area (Å²) in [5.41, 5.74) is 2.80. The third-order valence-electron chi connectivity index (χ3n) is 4.18. The van der Waals surface area contributed by atoms with Crippen LogP contribution < -0.4 is 5.32 Å². The maximum atomic E-state index is 12.3. The van der Waals surface area contributed by atoms with E-state index in [0.29, 0.717) is 34.5 Å². The van der Waals surface area contributed by atoms with E-state index in [4.69, 9.17) is 23.2 Å². The van der Waals surface area contributed by atoms with Crippen molar-refractivity contribution in [2.24, 2.45) is 0 Å². The molecule has 146 valence electrons. The molecule has 2 aromatic carbocycles. The van der Waals surface area contributed by atoms with Gasteiger partial charge >= 0.3 is 0 Å². The van der Waals surface area contributed by atoms with Gasteiger partial charge in [-0.25, -0.2) is 0 Å². The molecular weight excluding hydrogens is 415 g/mol. The molecular formula is C20H20Cl2N4OS. The number of aromatic nitrogens is 3. The number of nitrogens with zero attached hydrogens (tertiary/aromatic N) is 3. The monoisotopic (exact) mass is 434 g/mol. The van der Waals surface area contributed by atoms with Gasteiger partial charge in [-0.2, -0.15) is 0 Å². The van der Waals surface area contributed by atoms with Crippen molar-refractivity contribution in [3.8, 4) is 0 Å². The fourth-order valence-electron chi connectivity index (χ4n) is 2.62. The second kappa shape index (κ2) is 9.45. The maximum Gasteiger partial charge on any atom is 0.251 e. The number of rotatable bonds is 7. The molecule has 0 saturated carbocycles. The molecule has 5 nitrogen and oxygen atoms in total. The number of thioether (sulfide) groups is 1. The number of hydrogen-bond acceptors (Lipinski definition) is 4. The lowest BCUT2D eigenvalue weighted by Crippen LogP contribution is -2.24. The number of aryl methyl sites for hydroxylation is 1.